The van der Waals surface area contributed by atoms with Crippen LogP contribution in [0, 0.1) is 29.6 Å². The van der Waals surface area contributed by atoms with E-state index >= 15 is 0 Å². The van der Waals surface area contributed by atoms with Gasteiger partial charge in [-0.3, -0.25) is 14.5 Å². The van der Waals surface area contributed by atoms with E-state index in [0.29, 0.717) is 12.2 Å². The van der Waals surface area contributed by atoms with Crippen molar-refractivity contribution in [1.82, 2.24) is 4.90 Å². The number of fused-ring (bicyclic) bond motifs is 5. The number of esters is 1. The number of para-hydroxylation sites is 1. The minimum atomic E-state index is -0.882. The fourth-order valence-corrected chi connectivity index (χ4v) is 6.98. The maximum absolute atomic E-state index is 13.3. The molecule has 0 aromatic heterocycles. The number of carbonyl (C=O) groups excluding carboxylic acids is 3. The first-order valence-electron chi connectivity index (χ1n) is 9.73. The number of amides is 2. The van der Waals surface area contributed by atoms with E-state index in [1.807, 2.05) is 19.9 Å². The highest BCUT2D eigenvalue weighted by atomic mass is 79.9. The van der Waals surface area contributed by atoms with Gasteiger partial charge >= 0.3 is 5.97 Å². The fraction of sp³-hybridized carbons (Fsp3) is 0.571. The lowest BCUT2D eigenvalue weighted by Gasteiger charge is -2.28. The van der Waals surface area contributed by atoms with Gasteiger partial charge in [0.05, 0.1) is 11.8 Å². The first kappa shape index (κ1) is 20.1. The Kier molecular flexibility index (Phi) is 5.42. The topological polar surface area (TPSA) is 63.7 Å². The molecular formula is C21H23Br2NO4. The summed E-state index contributed by atoms with van der Waals surface area (Å²) in [7, 11) is 0. The van der Waals surface area contributed by atoms with Crippen LogP contribution in [0.1, 0.15) is 26.7 Å². The van der Waals surface area contributed by atoms with E-state index in [2.05, 4.69) is 31.9 Å². The maximum Gasteiger partial charge on any atom is 0.334 e. The Morgan fingerprint density at radius 3 is 2.11 bits per heavy atom. The first-order chi connectivity index (χ1) is 13.3. The van der Waals surface area contributed by atoms with Crippen LogP contribution in [0.5, 0.6) is 5.75 Å². The third-order valence-electron chi connectivity index (χ3n) is 6.26. The Morgan fingerprint density at radius 1 is 1.07 bits per heavy atom. The summed E-state index contributed by atoms with van der Waals surface area (Å²) in [6.45, 7) is 3.95. The summed E-state index contributed by atoms with van der Waals surface area (Å²) in [6, 6.07) is 7.89. The number of rotatable bonds is 5. The monoisotopic (exact) mass is 511 g/mol. The summed E-state index contributed by atoms with van der Waals surface area (Å²) in [5.74, 6) is -0.787. The molecule has 2 aliphatic carbocycles. The normalized spacial score (nSPS) is 34.8. The molecule has 0 spiro atoms. The molecule has 2 bridgehead atoms. The molecule has 3 fully saturated rings. The first-order valence-corrected chi connectivity index (χ1v) is 11.6. The molecule has 28 heavy (non-hydrogen) atoms. The standard InChI is InChI=1S/C21H23Br2NO4/c1-10(2)8-14(21(27)28-11-6-4-3-5-7-11)24-19(25)15-12-9-13(16(15)20(24)26)18(23)17(12)22/h3-7,10,12-18H,8-9H2,1-2H3/t12-,13-,14-,15-,16+,17-,18+/m1/s1. The highest BCUT2D eigenvalue weighted by Crippen LogP contribution is 2.60. The molecule has 1 aromatic carbocycles. The van der Waals surface area contributed by atoms with Crippen molar-refractivity contribution in [2.75, 3.05) is 0 Å². The Morgan fingerprint density at radius 2 is 1.61 bits per heavy atom. The number of alkyl halides is 2. The predicted octanol–water partition coefficient (Wildman–Crippen LogP) is 3.78. The molecule has 1 heterocycles. The molecule has 1 aromatic rings. The summed E-state index contributed by atoms with van der Waals surface area (Å²) in [6.07, 6.45) is 1.27. The van der Waals surface area contributed by atoms with Gasteiger partial charge in [0.25, 0.3) is 0 Å². The lowest BCUT2D eigenvalue weighted by atomic mass is 9.81. The second-order valence-electron chi connectivity index (χ2n) is 8.43. The highest BCUT2D eigenvalue weighted by molar-refractivity contribution is 9.12. The number of hydrogen-bond donors (Lipinski definition) is 0. The number of imide groups is 1. The predicted molar refractivity (Wildman–Crippen MR) is 111 cm³/mol. The number of hydrogen-bond acceptors (Lipinski definition) is 4. The molecule has 7 atom stereocenters. The summed E-state index contributed by atoms with van der Waals surface area (Å²) in [5, 5.41) is 0. The van der Waals surface area contributed by atoms with Crippen molar-refractivity contribution in [3.8, 4) is 5.75 Å². The molecule has 0 radical (unpaired) electrons. The number of halogens is 2. The Labute approximate surface area is 181 Å². The van der Waals surface area contributed by atoms with Crippen LogP contribution in [0.25, 0.3) is 0 Å². The molecule has 3 aliphatic rings. The molecular weight excluding hydrogens is 490 g/mol. The van der Waals surface area contributed by atoms with Crippen molar-refractivity contribution >= 4 is 49.6 Å². The lowest BCUT2D eigenvalue weighted by Crippen LogP contribution is -2.48. The Bertz CT molecular complexity index is 767. The Balaban J connectivity index is 1.61. The molecule has 150 valence electrons. The van der Waals surface area contributed by atoms with Crippen molar-refractivity contribution in [3.63, 3.8) is 0 Å². The fourth-order valence-electron chi connectivity index (χ4n) is 5.11. The van der Waals surface area contributed by atoms with Crippen molar-refractivity contribution in [2.45, 2.75) is 42.4 Å². The van der Waals surface area contributed by atoms with Gasteiger partial charge in [-0.1, -0.05) is 63.9 Å². The van der Waals surface area contributed by atoms with Gasteiger partial charge in [0.2, 0.25) is 11.8 Å². The quantitative estimate of drug-likeness (QED) is 0.260. The second-order valence-corrected chi connectivity index (χ2v) is 10.5. The zero-order chi connectivity index (χ0) is 20.2. The SMILES string of the molecule is CC(C)C[C@H](C(=O)Oc1ccccc1)N1C(=O)[C@@H]2[C@H]3C[C@@H]([C@H](Br)[C@@H]3Br)[C@@H]2C1=O. The maximum atomic E-state index is 13.3. The van der Waals surface area contributed by atoms with Crippen LogP contribution in [-0.2, 0) is 14.4 Å². The van der Waals surface area contributed by atoms with Crippen molar-refractivity contribution < 1.29 is 19.1 Å². The average molecular weight is 513 g/mol. The largest absolute Gasteiger partial charge is 0.425 e. The minimum Gasteiger partial charge on any atom is -0.425 e. The van der Waals surface area contributed by atoms with E-state index in [0.717, 1.165) is 6.42 Å². The molecule has 0 unspecified atom stereocenters. The summed E-state index contributed by atoms with van der Waals surface area (Å²) in [4.78, 5) is 41.1. The highest BCUT2D eigenvalue weighted by Gasteiger charge is 2.67. The van der Waals surface area contributed by atoms with E-state index in [9.17, 15) is 14.4 Å². The van der Waals surface area contributed by atoms with E-state index < -0.39 is 12.0 Å². The molecule has 0 N–H and O–H groups in total. The summed E-state index contributed by atoms with van der Waals surface area (Å²) in [5.41, 5.74) is 0. The van der Waals surface area contributed by atoms with Crippen LogP contribution in [0.15, 0.2) is 30.3 Å². The van der Waals surface area contributed by atoms with E-state index in [1.165, 1.54) is 4.90 Å². The van der Waals surface area contributed by atoms with E-state index in [1.54, 1.807) is 24.3 Å². The van der Waals surface area contributed by atoms with Gasteiger partial charge in [0, 0.05) is 9.65 Å². The molecule has 1 saturated heterocycles. The number of ether oxygens (including phenoxy) is 1. The van der Waals surface area contributed by atoms with Crippen LogP contribution in [-0.4, -0.2) is 38.4 Å². The van der Waals surface area contributed by atoms with E-state index in [4.69, 9.17) is 4.74 Å². The molecule has 2 amide bonds. The van der Waals surface area contributed by atoms with Gasteiger partial charge in [0.15, 0.2) is 0 Å². The molecule has 7 heteroatoms. The van der Waals surface area contributed by atoms with E-state index in [-0.39, 0.29) is 51.1 Å². The van der Waals surface area contributed by atoms with Gasteiger partial charge in [-0.25, -0.2) is 4.79 Å². The third kappa shape index (κ3) is 3.15. The zero-order valence-electron chi connectivity index (χ0n) is 15.8. The average Bonchev–Trinajstić information content (AvgIpc) is 3.26. The van der Waals surface area contributed by atoms with Gasteiger partial charge in [-0.05, 0) is 42.7 Å². The summed E-state index contributed by atoms with van der Waals surface area (Å²) < 4.78 is 5.52. The zero-order valence-corrected chi connectivity index (χ0v) is 18.9. The van der Waals surface area contributed by atoms with Crippen molar-refractivity contribution in [1.29, 1.82) is 0 Å². The minimum absolute atomic E-state index is 0.130. The molecule has 5 nitrogen and oxygen atoms in total. The number of nitrogens with zero attached hydrogens (tertiary/aromatic N) is 1. The van der Waals surface area contributed by atoms with Gasteiger partial charge in [0.1, 0.15) is 11.8 Å². The lowest BCUT2D eigenvalue weighted by molar-refractivity contribution is -0.154. The van der Waals surface area contributed by atoms with Gasteiger partial charge < -0.3 is 4.74 Å². The van der Waals surface area contributed by atoms with Crippen molar-refractivity contribution in [3.05, 3.63) is 30.3 Å². The molecule has 2 saturated carbocycles. The van der Waals surface area contributed by atoms with Gasteiger partial charge in [-0.15, -0.1) is 0 Å². The second kappa shape index (κ2) is 7.56. The number of likely N-dealkylation sites (tertiary alicyclic amines) is 1. The van der Waals surface area contributed by atoms with Crippen LogP contribution in [0.4, 0.5) is 0 Å². The Hall–Kier alpha value is -1.21. The smallest absolute Gasteiger partial charge is 0.334 e. The van der Waals surface area contributed by atoms with Crippen LogP contribution in [0.2, 0.25) is 0 Å². The van der Waals surface area contributed by atoms with Crippen molar-refractivity contribution in [2.24, 2.45) is 29.6 Å². The van der Waals surface area contributed by atoms with Crippen LogP contribution < -0.4 is 4.74 Å². The molecule has 4 rings (SSSR count). The third-order valence-corrected chi connectivity index (χ3v) is 9.47. The summed E-state index contributed by atoms with van der Waals surface area (Å²) >= 11 is 7.39. The van der Waals surface area contributed by atoms with Gasteiger partial charge in [-0.2, -0.15) is 0 Å². The molecule has 1 aliphatic heterocycles. The number of carbonyl (C=O) groups is 3. The van der Waals surface area contributed by atoms with Crippen LogP contribution in [0.3, 0.4) is 0 Å². The van der Waals surface area contributed by atoms with Crippen LogP contribution >= 0.6 is 31.9 Å². The number of benzene rings is 1.